The van der Waals surface area contributed by atoms with E-state index in [2.05, 4.69) is 12.2 Å². The molecule has 1 aromatic rings. The van der Waals surface area contributed by atoms with Gasteiger partial charge in [0.2, 0.25) is 5.91 Å². The average molecular weight is 248 g/mol. The van der Waals surface area contributed by atoms with Gasteiger partial charge in [-0.1, -0.05) is 12.1 Å². The van der Waals surface area contributed by atoms with E-state index in [4.69, 9.17) is 0 Å². The van der Waals surface area contributed by atoms with Crippen LogP contribution >= 0.6 is 0 Å². The van der Waals surface area contributed by atoms with E-state index in [-0.39, 0.29) is 23.9 Å². The maximum atomic E-state index is 13.3. The van der Waals surface area contributed by atoms with E-state index in [1.807, 2.05) is 11.0 Å². The van der Waals surface area contributed by atoms with Crippen molar-refractivity contribution in [3.8, 4) is 0 Å². The van der Waals surface area contributed by atoms with Crippen molar-refractivity contribution in [3.05, 3.63) is 35.6 Å². The van der Waals surface area contributed by atoms with Gasteiger partial charge >= 0.3 is 0 Å². The van der Waals surface area contributed by atoms with Gasteiger partial charge in [-0.25, -0.2) is 4.39 Å². The Bertz CT molecular complexity index is 473. The number of amides is 1. The van der Waals surface area contributed by atoms with E-state index in [0.29, 0.717) is 12.5 Å². The normalized spacial score (nSPS) is 25.6. The molecule has 1 aliphatic heterocycles. The molecule has 2 unspecified atom stereocenters. The van der Waals surface area contributed by atoms with Crippen LogP contribution in [0.25, 0.3) is 0 Å². The van der Waals surface area contributed by atoms with Gasteiger partial charge < -0.3 is 4.90 Å². The first-order valence-electron chi connectivity index (χ1n) is 6.47. The highest BCUT2D eigenvalue weighted by Crippen LogP contribution is 2.38. The van der Waals surface area contributed by atoms with Crippen molar-refractivity contribution >= 4 is 5.91 Å². The van der Waals surface area contributed by atoms with Crippen LogP contribution < -0.4 is 5.32 Å². The molecular formula is C14H17FN2O. The van der Waals surface area contributed by atoms with E-state index in [1.54, 1.807) is 6.07 Å². The summed E-state index contributed by atoms with van der Waals surface area (Å²) < 4.78 is 13.3. The Labute approximate surface area is 106 Å². The molecule has 1 saturated heterocycles. The molecule has 4 heteroatoms. The Morgan fingerprint density at radius 2 is 2.22 bits per heavy atom. The Morgan fingerprint density at radius 3 is 2.89 bits per heavy atom. The molecule has 2 aliphatic rings. The molecule has 96 valence electrons. The Morgan fingerprint density at radius 1 is 1.44 bits per heavy atom. The number of nitrogens with zero attached hydrogens (tertiary/aromatic N) is 1. The molecular weight excluding hydrogens is 231 g/mol. The number of hydrogen-bond acceptors (Lipinski definition) is 2. The van der Waals surface area contributed by atoms with Gasteiger partial charge in [-0.15, -0.1) is 0 Å². The molecule has 1 heterocycles. The number of rotatable bonds is 3. The summed E-state index contributed by atoms with van der Waals surface area (Å²) in [4.78, 5) is 13.9. The molecule has 0 radical (unpaired) electrons. The number of carbonyl (C=O) groups is 1. The molecule has 2 atom stereocenters. The molecule has 1 aromatic carbocycles. The zero-order valence-corrected chi connectivity index (χ0v) is 10.4. The van der Waals surface area contributed by atoms with Crippen molar-refractivity contribution in [1.29, 1.82) is 0 Å². The van der Waals surface area contributed by atoms with Crippen LogP contribution in [0.15, 0.2) is 24.3 Å². The molecule has 1 aliphatic carbocycles. The molecule has 2 fully saturated rings. The predicted octanol–water partition coefficient (Wildman–Crippen LogP) is 2.05. The zero-order chi connectivity index (χ0) is 12.7. The maximum absolute atomic E-state index is 13.3. The number of carbonyl (C=O) groups excluding carboxylic acids is 1. The van der Waals surface area contributed by atoms with E-state index in [0.717, 1.165) is 5.56 Å². The smallest absolute Gasteiger partial charge is 0.238 e. The lowest BCUT2D eigenvalue weighted by atomic mass is 10.1. The molecule has 3 nitrogen and oxygen atoms in total. The van der Waals surface area contributed by atoms with Gasteiger partial charge in [-0.3, -0.25) is 10.1 Å². The summed E-state index contributed by atoms with van der Waals surface area (Å²) in [6, 6.07) is 6.72. The number of halogens is 1. The zero-order valence-electron chi connectivity index (χ0n) is 10.4. The summed E-state index contributed by atoms with van der Waals surface area (Å²) in [6.07, 6.45) is 2.21. The van der Waals surface area contributed by atoms with Gasteiger partial charge in [0, 0.05) is 6.04 Å². The van der Waals surface area contributed by atoms with E-state index >= 15 is 0 Å². The minimum Gasteiger partial charge on any atom is -0.319 e. The number of hydrogen-bond donors (Lipinski definition) is 1. The fourth-order valence-corrected chi connectivity index (χ4v) is 2.74. The number of benzene rings is 1. The Hall–Kier alpha value is -1.42. The molecule has 0 aromatic heterocycles. The van der Waals surface area contributed by atoms with Crippen LogP contribution in [-0.2, 0) is 4.79 Å². The van der Waals surface area contributed by atoms with Crippen molar-refractivity contribution in [2.75, 3.05) is 6.54 Å². The van der Waals surface area contributed by atoms with Crippen molar-refractivity contribution < 1.29 is 9.18 Å². The average Bonchev–Trinajstić information content (AvgIpc) is 3.12. The van der Waals surface area contributed by atoms with Gasteiger partial charge in [-0.05, 0) is 43.4 Å². The molecule has 18 heavy (non-hydrogen) atoms. The highest BCUT2D eigenvalue weighted by Gasteiger charge is 2.41. The van der Waals surface area contributed by atoms with E-state index < -0.39 is 0 Å². The van der Waals surface area contributed by atoms with Gasteiger partial charge in [0.25, 0.3) is 0 Å². The van der Waals surface area contributed by atoms with Crippen LogP contribution in [-0.4, -0.2) is 23.4 Å². The lowest BCUT2D eigenvalue weighted by molar-refractivity contribution is -0.130. The molecule has 0 spiro atoms. The van der Waals surface area contributed by atoms with Crippen molar-refractivity contribution in [2.45, 2.75) is 32.0 Å². The standard InChI is InChI=1S/C14H17FN2O/c1-9(10-5-6-10)17-13(18)8-16-14(17)11-3-2-4-12(15)7-11/h2-4,7,9-10,14,16H,5-6,8H2,1H3. The second-order valence-electron chi connectivity index (χ2n) is 5.22. The van der Waals surface area contributed by atoms with Crippen LogP contribution in [0.4, 0.5) is 4.39 Å². The molecule has 3 rings (SSSR count). The monoisotopic (exact) mass is 248 g/mol. The van der Waals surface area contributed by atoms with Crippen molar-refractivity contribution in [1.82, 2.24) is 10.2 Å². The Kier molecular flexibility index (Phi) is 2.82. The highest BCUT2D eigenvalue weighted by atomic mass is 19.1. The van der Waals surface area contributed by atoms with Crippen LogP contribution in [0.1, 0.15) is 31.5 Å². The van der Waals surface area contributed by atoms with Crippen molar-refractivity contribution in [2.24, 2.45) is 5.92 Å². The summed E-state index contributed by atoms with van der Waals surface area (Å²) in [6.45, 7) is 2.44. The summed E-state index contributed by atoms with van der Waals surface area (Å²) in [5.74, 6) is 0.473. The summed E-state index contributed by atoms with van der Waals surface area (Å²) in [5.41, 5.74) is 0.827. The molecule has 0 bridgehead atoms. The third-order valence-electron chi connectivity index (χ3n) is 3.92. The second kappa shape index (κ2) is 4.35. The second-order valence-corrected chi connectivity index (χ2v) is 5.22. The van der Waals surface area contributed by atoms with Crippen LogP contribution in [0.3, 0.4) is 0 Å². The lowest BCUT2D eigenvalue weighted by Crippen LogP contribution is -2.39. The van der Waals surface area contributed by atoms with Gasteiger partial charge in [-0.2, -0.15) is 0 Å². The van der Waals surface area contributed by atoms with Crippen LogP contribution in [0.2, 0.25) is 0 Å². The first-order valence-corrected chi connectivity index (χ1v) is 6.47. The van der Waals surface area contributed by atoms with Gasteiger partial charge in [0.1, 0.15) is 12.0 Å². The SMILES string of the molecule is CC(C1CC1)N1C(=O)CNC1c1cccc(F)c1. The minimum absolute atomic E-state index is 0.115. The predicted molar refractivity (Wildman–Crippen MR) is 66.2 cm³/mol. The highest BCUT2D eigenvalue weighted by molar-refractivity contribution is 5.81. The van der Waals surface area contributed by atoms with Crippen molar-refractivity contribution in [3.63, 3.8) is 0 Å². The lowest BCUT2D eigenvalue weighted by Gasteiger charge is -2.30. The van der Waals surface area contributed by atoms with E-state index in [9.17, 15) is 9.18 Å². The van der Waals surface area contributed by atoms with Crippen LogP contribution in [0.5, 0.6) is 0 Å². The topological polar surface area (TPSA) is 32.3 Å². The summed E-state index contributed by atoms with van der Waals surface area (Å²) >= 11 is 0. The fourth-order valence-electron chi connectivity index (χ4n) is 2.74. The Balaban J connectivity index is 1.88. The quantitative estimate of drug-likeness (QED) is 0.888. The molecule has 1 N–H and O–H groups in total. The minimum atomic E-state index is -0.257. The third kappa shape index (κ3) is 2.01. The third-order valence-corrected chi connectivity index (χ3v) is 3.92. The summed E-state index contributed by atoms with van der Waals surface area (Å²) in [5, 5.41) is 3.17. The largest absolute Gasteiger partial charge is 0.319 e. The van der Waals surface area contributed by atoms with Gasteiger partial charge in [0.15, 0.2) is 0 Å². The van der Waals surface area contributed by atoms with Crippen LogP contribution in [0, 0.1) is 11.7 Å². The fraction of sp³-hybridized carbons (Fsp3) is 0.500. The maximum Gasteiger partial charge on any atom is 0.238 e. The summed E-state index contributed by atoms with van der Waals surface area (Å²) in [7, 11) is 0. The molecule has 1 saturated carbocycles. The molecule has 1 amide bonds. The van der Waals surface area contributed by atoms with Gasteiger partial charge in [0.05, 0.1) is 6.54 Å². The first-order chi connectivity index (χ1) is 8.66. The van der Waals surface area contributed by atoms with E-state index in [1.165, 1.54) is 25.0 Å². The number of nitrogens with one attached hydrogen (secondary N) is 1. The first kappa shape index (κ1) is 11.7.